The summed E-state index contributed by atoms with van der Waals surface area (Å²) in [6.07, 6.45) is 1.21. The molecule has 1 aromatic carbocycles. The molecule has 2 heteroatoms. The molecule has 1 N–H and O–H groups in total. The van der Waals surface area contributed by atoms with Crippen molar-refractivity contribution in [3.05, 3.63) is 33.4 Å². The first-order valence-corrected chi connectivity index (χ1v) is 6.75. The molecule has 0 spiro atoms. The third kappa shape index (κ3) is 3.76. The van der Waals surface area contributed by atoms with E-state index in [-0.39, 0.29) is 0 Å². The molecular weight excluding hydrogens is 297 g/mol. The van der Waals surface area contributed by atoms with E-state index in [0.717, 1.165) is 6.54 Å². The summed E-state index contributed by atoms with van der Waals surface area (Å²) in [5.74, 6) is 0.683. The van der Waals surface area contributed by atoms with E-state index < -0.39 is 0 Å². The fourth-order valence-corrected chi connectivity index (χ4v) is 2.37. The van der Waals surface area contributed by atoms with Crippen LogP contribution in [-0.4, -0.2) is 6.54 Å². The van der Waals surface area contributed by atoms with E-state index in [1.54, 1.807) is 0 Å². The largest absolute Gasteiger partial charge is 0.310 e. The van der Waals surface area contributed by atoms with Gasteiger partial charge in [-0.2, -0.15) is 0 Å². The average Bonchev–Trinajstić information content (AvgIpc) is 2.25. The molecule has 15 heavy (non-hydrogen) atoms. The molecule has 0 aliphatic rings. The lowest BCUT2D eigenvalue weighted by Crippen LogP contribution is -2.26. The predicted molar refractivity (Wildman–Crippen MR) is 75.0 cm³/mol. The molecule has 0 bridgehead atoms. The molecule has 0 aromatic heterocycles. The van der Waals surface area contributed by atoms with Gasteiger partial charge >= 0.3 is 0 Å². The van der Waals surface area contributed by atoms with Gasteiger partial charge in [0.05, 0.1) is 0 Å². The number of hydrogen-bond acceptors (Lipinski definition) is 1. The van der Waals surface area contributed by atoms with Crippen molar-refractivity contribution >= 4 is 22.6 Å². The minimum absolute atomic E-state index is 0.495. The molecule has 0 heterocycles. The Hall–Kier alpha value is -0.0900. The molecule has 1 aromatic rings. The van der Waals surface area contributed by atoms with Crippen molar-refractivity contribution in [2.45, 2.75) is 33.2 Å². The molecule has 2 atom stereocenters. The Morgan fingerprint density at radius 2 is 2.07 bits per heavy atom. The second-order valence-corrected chi connectivity index (χ2v) is 5.22. The van der Waals surface area contributed by atoms with Crippen LogP contribution in [0.1, 0.15) is 38.8 Å². The Morgan fingerprint density at radius 1 is 1.33 bits per heavy atom. The Bertz CT molecular complexity index is 298. The molecule has 84 valence electrons. The zero-order valence-corrected chi connectivity index (χ0v) is 11.9. The van der Waals surface area contributed by atoms with Crippen molar-refractivity contribution in [2.24, 2.45) is 5.92 Å². The van der Waals surface area contributed by atoms with Crippen LogP contribution in [0.15, 0.2) is 24.3 Å². The van der Waals surface area contributed by atoms with Crippen molar-refractivity contribution in [3.8, 4) is 0 Å². The smallest absolute Gasteiger partial charge is 0.0346 e. The van der Waals surface area contributed by atoms with Crippen LogP contribution < -0.4 is 5.32 Å². The number of hydrogen-bond donors (Lipinski definition) is 1. The van der Waals surface area contributed by atoms with Crippen molar-refractivity contribution in [2.75, 3.05) is 6.54 Å². The Morgan fingerprint density at radius 3 is 2.60 bits per heavy atom. The molecule has 0 saturated heterocycles. The fraction of sp³-hybridized carbons (Fsp3) is 0.538. The van der Waals surface area contributed by atoms with Crippen molar-refractivity contribution in [1.29, 1.82) is 0 Å². The van der Waals surface area contributed by atoms with E-state index in [9.17, 15) is 0 Å². The normalized spacial score (nSPS) is 14.9. The molecule has 0 fully saturated rings. The second-order valence-electron chi connectivity index (χ2n) is 3.98. The fourth-order valence-electron chi connectivity index (χ4n) is 1.80. The summed E-state index contributed by atoms with van der Waals surface area (Å²) in [7, 11) is 0. The highest BCUT2D eigenvalue weighted by Gasteiger charge is 2.16. The molecule has 0 saturated carbocycles. The lowest BCUT2D eigenvalue weighted by molar-refractivity contribution is 0.384. The van der Waals surface area contributed by atoms with Gasteiger partial charge in [0, 0.05) is 9.61 Å². The van der Waals surface area contributed by atoms with Gasteiger partial charge in [-0.05, 0) is 52.7 Å². The molecule has 0 amide bonds. The lowest BCUT2D eigenvalue weighted by atomic mass is 9.92. The minimum Gasteiger partial charge on any atom is -0.310 e. The molecule has 2 unspecified atom stereocenters. The molecule has 1 rings (SSSR count). The van der Waals surface area contributed by atoms with E-state index >= 15 is 0 Å². The zero-order valence-electron chi connectivity index (χ0n) is 9.76. The first kappa shape index (κ1) is 13.0. The Labute approximate surface area is 107 Å². The van der Waals surface area contributed by atoms with Gasteiger partial charge in [0.25, 0.3) is 0 Å². The maximum atomic E-state index is 3.57. The summed E-state index contributed by atoms with van der Waals surface area (Å²) in [5.41, 5.74) is 1.41. The van der Waals surface area contributed by atoms with Gasteiger partial charge in [-0.15, -0.1) is 0 Å². The van der Waals surface area contributed by atoms with Crippen molar-refractivity contribution in [1.82, 2.24) is 5.32 Å². The topological polar surface area (TPSA) is 12.0 Å². The standard InChI is InChI=1S/C13H20IN/c1-4-10(3)13(15-5-2)11-7-6-8-12(14)9-11/h6-10,13,15H,4-5H2,1-3H3. The van der Waals surface area contributed by atoms with Gasteiger partial charge < -0.3 is 5.32 Å². The predicted octanol–water partition coefficient (Wildman–Crippen LogP) is 3.99. The van der Waals surface area contributed by atoms with Crippen LogP contribution in [-0.2, 0) is 0 Å². The van der Waals surface area contributed by atoms with E-state index in [2.05, 4.69) is 72.9 Å². The molecule has 0 aliphatic carbocycles. The SMILES string of the molecule is CCNC(c1cccc(I)c1)C(C)CC. The lowest BCUT2D eigenvalue weighted by Gasteiger charge is -2.24. The van der Waals surface area contributed by atoms with E-state index in [1.165, 1.54) is 15.6 Å². The van der Waals surface area contributed by atoms with E-state index in [0.29, 0.717) is 12.0 Å². The number of rotatable bonds is 5. The van der Waals surface area contributed by atoms with Gasteiger partial charge in [0.1, 0.15) is 0 Å². The van der Waals surface area contributed by atoms with Crippen LogP contribution in [0.3, 0.4) is 0 Å². The van der Waals surface area contributed by atoms with Gasteiger partial charge in [-0.25, -0.2) is 0 Å². The maximum absolute atomic E-state index is 3.57. The summed E-state index contributed by atoms with van der Waals surface area (Å²) in [4.78, 5) is 0. The second kappa shape index (κ2) is 6.48. The molecule has 0 aliphatic heterocycles. The summed E-state index contributed by atoms with van der Waals surface area (Å²) < 4.78 is 1.32. The summed E-state index contributed by atoms with van der Waals surface area (Å²) in [5, 5.41) is 3.57. The van der Waals surface area contributed by atoms with Crippen molar-refractivity contribution < 1.29 is 0 Å². The van der Waals surface area contributed by atoms with Crippen LogP contribution in [0.5, 0.6) is 0 Å². The van der Waals surface area contributed by atoms with Crippen LogP contribution in [0.25, 0.3) is 0 Å². The van der Waals surface area contributed by atoms with Crippen LogP contribution in [0.2, 0.25) is 0 Å². The average molecular weight is 317 g/mol. The third-order valence-electron chi connectivity index (χ3n) is 2.84. The quantitative estimate of drug-likeness (QED) is 0.810. The minimum atomic E-state index is 0.495. The molecule has 1 nitrogen and oxygen atoms in total. The maximum Gasteiger partial charge on any atom is 0.0346 e. The van der Waals surface area contributed by atoms with E-state index in [4.69, 9.17) is 0 Å². The highest BCUT2D eigenvalue weighted by atomic mass is 127. The van der Waals surface area contributed by atoms with Gasteiger partial charge in [-0.3, -0.25) is 0 Å². The first-order valence-electron chi connectivity index (χ1n) is 5.67. The highest BCUT2D eigenvalue weighted by Crippen LogP contribution is 2.25. The van der Waals surface area contributed by atoms with Crippen molar-refractivity contribution in [3.63, 3.8) is 0 Å². The van der Waals surface area contributed by atoms with E-state index in [1.807, 2.05) is 0 Å². The van der Waals surface area contributed by atoms with Crippen LogP contribution in [0, 0.1) is 9.49 Å². The summed E-state index contributed by atoms with van der Waals surface area (Å²) in [6.45, 7) is 7.76. The van der Waals surface area contributed by atoms with Crippen LogP contribution >= 0.6 is 22.6 Å². The van der Waals surface area contributed by atoms with Gasteiger partial charge in [0.2, 0.25) is 0 Å². The Kier molecular flexibility index (Phi) is 5.61. The molecule has 0 radical (unpaired) electrons. The summed E-state index contributed by atoms with van der Waals surface area (Å²) in [6, 6.07) is 9.28. The van der Waals surface area contributed by atoms with Gasteiger partial charge in [-0.1, -0.05) is 39.3 Å². The highest BCUT2D eigenvalue weighted by molar-refractivity contribution is 14.1. The number of benzene rings is 1. The number of halogens is 1. The molecular formula is C13H20IN. The third-order valence-corrected chi connectivity index (χ3v) is 3.52. The number of nitrogens with one attached hydrogen (secondary N) is 1. The first-order chi connectivity index (χ1) is 7.19. The Balaban J connectivity index is 2.88. The monoisotopic (exact) mass is 317 g/mol. The van der Waals surface area contributed by atoms with Gasteiger partial charge in [0.15, 0.2) is 0 Å². The van der Waals surface area contributed by atoms with Crippen LogP contribution in [0.4, 0.5) is 0 Å². The zero-order chi connectivity index (χ0) is 11.3. The summed E-state index contributed by atoms with van der Waals surface area (Å²) >= 11 is 2.37.